The summed E-state index contributed by atoms with van der Waals surface area (Å²) in [5, 5.41) is 4.71. The third kappa shape index (κ3) is 5.00. The monoisotopic (exact) mass is 708 g/mol. The van der Waals surface area contributed by atoms with E-state index in [0.717, 1.165) is 73.1 Å². The van der Waals surface area contributed by atoms with Crippen LogP contribution in [0.2, 0.25) is 0 Å². The fourth-order valence-corrected chi connectivity index (χ4v) is 8.73. The van der Waals surface area contributed by atoms with Crippen LogP contribution >= 0.6 is 0 Å². The van der Waals surface area contributed by atoms with Gasteiger partial charge in [-0.25, -0.2) is 0 Å². The van der Waals surface area contributed by atoms with E-state index in [9.17, 15) is 0 Å². The van der Waals surface area contributed by atoms with Crippen LogP contribution in [-0.2, 0) is 5.41 Å². The summed E-state index contributed by atoms with van der Waals surface area (Å²) in [5.74, 6) is 3.50. The lowest BCUT2D eigenvalue weighted by molar-refractivity contribution is 0.464. The smallest absolute Gasteiger partial charge is 0.260 e. The van der Waals surface area contributed by atoms with Gasteiger partial charge in [0.2, 0.25) is 0 Å². The Labute approximate surface area is 320 Å². The Kier molecular flexibility index (Phi) is 6.87. The van der Waals surface area contributed by atoms with Gasteiger partial charge in [-0.2, -0.15) is 0 Å². The van der Waals surface area contributed by atoms with Crippen molar-refractivity contribution in [2.45, 2.75) is 26.2 Å². The molecule has 0 atom stereocenters. The Morgan fingerprint density at radius 2 is 1.09 bits per heavy atom. The largest absolute Gasteiger partial charge is 0.458 e. The maximum absolute atomic E-state index is 6.83. The lowest BCUT2D eigenvalue weighted by Crippen LogP contribution is -2.57. The summed E-state index contributed by atoms with van der Waals surface area (Å²) in [6.45, 7) is 6.78. The van der Waals surface area contributed by atoms with Gasteiger partial charge in [-0.1, -0.05) is 99.6 Å². The standard InChI is InChI=1S/C50H37BN2O2/c1-50(2,3)34-23-25-45-41(29-34)51-42-31-44-40(30-48(42)55-47-21-13-20-46(54-45)49(47)51)39-27-32-22-24-38(26-33(32)28-43(39)53(44)37-18-11-6-12-19-37)52(35-14-7-4-8-15-35)36-16-9-5-10-17-36/h4-31H,1-3H3. The number of ether oxygens (including phenoxy) is 2. The highest BCUT2D eigenvalue weighted by molar-refractivity contribution is 6.98. The number of para-hydroxylation sites is 3. The first kappa shape index (κ1) is 31.8. The molecule has 3 heterocycles. The molecule has 1 aromatic heterocycles. The average Bonchev–Trinajstić information content (AvgIpc) is 3.51. The first-order chi connectivity index (χ1) is 26.9. The van der Waals surface area contributed by atoms with E-state index >= 15 is 0 Å². The molecule has 0 unspecified atom stereocenters. The summed E-state index contributed by atoms with van der Waals surface area (Å²) < 4.78 is 15.8. The van der Waals surface area contributed by atoms with Crippen LogP contribution in [-0.4, -0.2) is 11.3 Å². The molecule has 0 aliphatic carbocycles. The molecule has 0 bridgehead atoms. The van der Waals surface area contributed by atoms with Crippen molar-refractivity contribution in [1.29, 1.82) is 0 Å². The van der Waals surface area contributed by atoms with Crippen LogP contribution in [0, 0.1) is 0 Å². The lowest BCUT2D eigenvalue weighted by atomic mass is 9.34. The SMILES string of the molecule is CC(C)(C)c1ccc2c(c1)B1c3cc4c(cc3Oc3cccc(c31)O2)c1cc2ccc(N(c3ccccc3)c3ccccc3)cc2cc1n4-c1ccccc1. The predicted molar refractivity (Wildman–Crippen MR) is 229 cm³/mol. The first-order valence-electron chi connectivity index (χ1n) is 19.0. The Morgan fingerprint density at radius 1 is 0.473 bits per heavy atom. The summed E-state index contributed by atoms with van der Waals surface area (Å²) in [4.78, 5) is 2.32. The molecule has 8 aromatic carbocycles. The molecule has 0 N–H and O–H groups in total. The van der Waals surface area contributed by atoms with Crippen molar-refractivity contribution >= 4 is 72.7 Å². The van der Waals surface area contributed by atoms with Crippen LogP contribution in [0.1, 0.15) is 26.3 Å². The Balaban J connectivity index is 1.16. The van der Waals surface area contributed by atoms with Gasteiger partial charge in [-0.3, -0.25) is 0 Å². The van der Waals surface area contributed by atoms with E-state index in [4.69, 9.17) is 9.47 Å². The molecule has 2 aliphatic heterocycles. The zero-order valence-corrected chi connectivity index (χ0v) is 31.0. The number of hydrogen-bond acceptors (Lipinski definition) is 3. The minimum atomic E-state index is -0.0313. The van der Waals surface area contributed by atoms with Gasteiger partial charge in [0.15, 0.2) is 0 Å². The first-order valence-corrected chi connectivity index (χ1v) is 19.0. The van der Waals surface area contributed by atoms with Gasteiger partial charge < -0.3 is 18.9 Å². The second-order valence-corrected chi connectivity index (χ2v) is 15.8. The lowest BCUT2D eigenvalue weighted by Gasteiger charge is -2.34. The van der Waals surface area contributed by atoms with Crippen LogP contribution in [0.15, 0.2) is 170 Å². The van der Waals surface area contributed by atoms with Crippen LogP contribution in [0.3, 0.4) is 0 Å². The Morgan fingerprint density at radius 3 is 1.78 bits per heavy atom. The van der Waals surface area contributed by atoms with E-state index in [1.54, 1.807) is 0 Å². The molecule has 0 amide bonds. The van der Waals surface area contributed by atoms with Gasteiger partial charge in [0.1, 0.15) is 23.0 Å². The molecule has 0 saturated carbocycles. The zero-order chi connectivity index (χ0) is 36.8. The fraction of sp³-hybridized carbons (Fsp3) is 0.0800. The van der Waals surface area contributed by atoms with Crippen molar-refractivity contribution in [3.8, 4) is 28.7 Å². The van der Waals surface area contributed by atoms with Crippen molar-refractivity contribution in [1.82, 2.24) is 4.57 Å². The van der Waals surface area contributed by atoms with Crippen molar-refractivity contribution in [3.05, 3.63) is 175 Å². The number of nitrogens with zero attached hydrogens (tertiary/aromatic N) is 2. The summed E-state index contributed by atoms with van der Waals surface area (Å²) >= 11 is 0. The van der Waals surface area contributed by atoms with Gasteiger partial charge in [0.25, 0.3) is 6.71 Å². The number of aromatic nitrogens is 1. The molecule has 55 heavy (non-hydrogen) atoms. The molecule has 0 saturated heterocycles. The topological polar surface area (TPSA) is 26.6 Å². The van der Waals surface area contributed by atoms with Crippen LogP contribution < -0.4 is 30.8 Å². The quantitative estimate of drug-likeness (QED) is 0.170. The number of rotatable bonds is 4. The molecule has 0 fully saturated rings. The van der Waals surface area contributed by atoms with Crippen molar-refractivity contribution in [2.75, 3.05) is 4.90 Å². The second-order valence-electron chi connectivity index (χ2n) is 15.8. The predicted octanol–water partition coefficient (Wildman–Crippen LogP) is 11.4. The highest BCUT2D eigenvalue weighted by Gasteiger charge is 2.41. The van der Waals surface area contributed by atoms with Crippen LogP contribution in [0.25, 0.3) is 38.3 Å². The van der Waals surface area contributed by atoms with Crippen LogP contribution in [0.4, 0.5) is 17.1 Å². The molecular weight excluding hydrogens is 671 g/mol. The third-order valence-corrected chi connectivity index (χ3v) is 11.4. The van der Waals surface area contributed by atoms with E-state index in [-0.39, 0.29) is 12.1 Å². The zero-order valence-electron chi connectivity index (χ0n) is 31.0. The third-order valence-electron chi connectivity index (χ3n) is 11.4. The summed E-state index contributed by atoms with van der Waals surface area (Å²) in [6.07, 6.45) is 0. The van der Waals surface area contributed by atoms with Crippen molar-refractivity contribution in [3.63, 3.8) is 0 Å². The molecule has 5 heteroatoms. The van der Waals surface area contributed by atoms with E-state index in [1.165, 1.54) is 27.2 Å². The average molecular weight is 709 g/mol. The van der Waals surface area contributed by atoms with E-state index < -0.39 is 0 Å². The number of anilines is 3. The Bertz CT molecular complexity index is 2930. The maximum Gasteiger partial charge on any atom is 0.260 e. The molecule has 2 aliphatic rings. The normalized spacial score (nSPS) is 12.9. The van der Waals surface area contributed by atoms with E-state index in [0.29, 0.717) is 0 Å². The Hall–Kier alpha value is -6.72. The molecule has 11 rings (SSSR count). The number of hydrogen-bond donors (Lipinski definition) is 0. The second kappa shape index (κ2) is 11.9. The molecule has 262 valence electrons. The fourth-order valence-electron chi connectivity index (χ4n) is 8.73. The molecule has 0 radical (unpaired) electrons. The van der Waals surface area contributed by atoms with Crippen LogP contribution in [0.5, 0.6) is 23.0 Å². The molecule has 0 spiro atoms. The van der Waals surface area contributed by atoms with Gasteiger partial charge >= 0.3 is 0 Å². The van der Waals surface area contributed by atoms with Gasteiger partial charge in [0.05, 0.1) is 11.0 Å². The van der Waals surface area contributed by atoms with Gasteiger partial charge in [0, 0.05) is 39.0 Å². The molecule has 9 aromatic rings. The summed E-state index contributed by atoms with van der Waals surface area (Å²) in [5.41, 5.74) is 11.5. The number of fused-ring (bicyclic) bond motifs is 8. The molecular formula is C50H37BN2O2. The van der Waals surface area contributed by atoms with Gasteiger partial charge in [-0.05, 0) is 124 Å². The minimum absolute atomic E-state index is 0.00635. The van der Waals surface area contributed by atoms with E-state index in [2.05, 4.69) is 194 Å². The summed E-state index contributed by atoms with van der Waals surface area (Å²) in [7, 11) is 0. The number of benzene rings is 8. The van der Waals surface area contributed by atoms with Crippen molar-refractivity contribution < 1.29 is 9.47 Å². The van der Waals surface area contributed by atoms with E-state index in [1.807, 2.05) is 6.07 Å². The highest BCUT2D eigenvalue weighted by atomic mass is 16.5. The highest BCUT2D eigenvalue weighted by Crippen LogP contribution is 2.42. The van der Waals surface area contributed by atoms with Gasteiger partial charge in [-0.15, -0.1) is 0 Å². The maximum atomic E-state index is 6.83. The van der Waals surface area contributed by atoms with Crippen molar-refractivity contribution in [2.24, 2.45) is 0 Å². The minimum Gasteiger partial charge on any atom is -0.458 e. The molecule has 4 nitrogen and oxygen atoms in total. The summed E-state index contributed by atoms with van der Waals surface area (Å²) in [6, 6.07) is 61.0.